The van der Waals surface area contributed by atoms with Crippen LogP contribution in [0, 0.1) is 5.82 Å². The molecule has 1 aromatic rings. The zero-order chi connectivity index (χ0) is 13.4. The summed E-state index contributed by atoms with van der Waals surface area (Å²) in [5.41, 5.74) is 1.02. The molecule has 0 aliphatic carbocycles. The average molecular weight is 316 g/mol. The van der Waals surface area contributed by atoms with Gasteiger partial charge in [-0.1, -0.05) is 51.2 Å². The predicted molar refractivity (Wildman–Crippen MR) is 79.3 cm³/mol. The first-order valence-corrected chi connectivity index (χ1v) is 7.61. The van der Waals surface area contributed by atoms with Gasteiger partial charge in [0.25, 0.3) is 0 Å². The van der Waals surface area contributed by atoms with Gasteiger partial charge in [-0.15, -0.1) is 0 Å². The van der Waals surface area contributed by atoms with Gasteiger partial charge in [0.05, 0.1) is 4.47 Å². The van der Waals surface area contributed by atoms with Crippen LogP contribution in [0.4, 0.5) is 4.39 Å². The first kappa shape index (κ1) is 15.6. The van der Waals surface area contributed by atoms with Crippen LogP contribution in [-0.4, -0.2) is 7.05 Å². The molecule has 0 spiro atoms. The molecular formula is C15H23BrFN. The normalized spacial score (nSPS) is 12.7. The van der Waals surface area contributed by atoms with Gasteiger partial charge >= 0.3 is 0 Å². The van der Waals surface area contributed by atoms with Crippen molar-refractivity contribution in [3.8, 4) is 0 Å². The summed E-state index contributed by atoms with van der Waals surface area (Å²) in [6.07, 6.45) is 7.39. The number of halogens is 2. The second-order valence-electron chi connectivity index (χ2n) is 4.69. The summed E-state index contributed by atoms with van der Waals surface area (Å²) in [5.74, 6) is -0.182. The van der Waals surface area contributed by atoms with E-state index >= 15 is 0 Å². The Morgan fingerprint density at radius 2 is 1.94 bits per heavy atom. The van der Waals surface area contributed by atoms with Crippen molar-refractivity contribution < 1.29 is 4.39 Å². The quantitative estimate of drug-likeness (QED) is 0.649. The summed E-state index contributed by atoms with van der Waals surface area (Å²) in [6.45, 7) is 2.22. The topological polar surface area (TPSA) is 12.0 Å². The third kappa shape index (κ3) is 4.69. The first-order chi connectivity index (χ1) is 8.70. The molecule has 0 aliphatic heterocycles. The van der Waals surface area contributed by atoms with Gasteiger partial charge in [0, 0.05) is 6.04 Å². The van der Waals surface area contributed by atoms with Crippen LogP contribution in [0.3, 0.4) is 0 Å². The average Bonchev–Trinajstić information content (AvgIpc) is 2.38. The van der Waals surface area contributed by atoms with E-state index in [2.05, 4.69) is 28.2 Å². The van der Waals surface area contributed by atoms with Gasteiger partial charge in [0.2, 0.25) is 0 Å². The molecule has 0 amide bonds. The molecule has 0 fully saturated rings. The van der Waals surface area contributed by atoms with Gasteiger partial charge in [0.15, 0.2) is 0 Å². The Morgan fingerprint density at radius 3 is 2.61 bits per heavy atom. The molecule has 102 valence electrons. The Bertz CT molecular complexity index is 354. The van der Waals surface area contributed by atoms with Crippen molar-refractivity contribution in [3.63, 3.8) is 0 Å². The number of rotatable bonds is 8. The minimum atomic E-state index is -0.182. The minimum Gasteiger partial charge on any atom is -0.313 e. The van der Waals surface area contributed by atoms with Crippen LogP contribution in [0.2, 0.25) is 0 Å². The molecule has 3 heteroatoms. The van der Waals surface area contributed by atoms with Gasteiger partial charge in [-0.25, -0.2) is 4.39 Å². The van der Waals surface area contributed by atoms with E-state index in [1.54, 1.807) is 6.07 Å². The van der Waals surface area contributed by atoms with Crippen molar-refractivity contribution in [1.29, 1.82) is 0 Å². The van der Waals surface area contributed by atoms with Gasteiger partial charge < -0.3 is 5.32 Å². The largest absolute Gasteiger partial charge is 0.313 e. The maximum absolute atomic E-state index is 13.5. The summed E-state index contributed by atoms with van der Waals surface area (Å²) in [7, 11) is 1.94. The van der Waals surface area contributed by atoms with E-state index in [4.69, 9.17) is 0 Å². The highest BCUT2D eigenvalue weighted by molar-refractivity contribution is 9.10. The molecule has 1 atom stereocenters. The van der Waals surface area contributed by atoms with E-state index in [-0.39, 0.29) is 11.9 Å². The van der Waals surface area contributed by atoms with E-state index in [9.17, 15) is 4.39 Å². The highest BCUT2D eigenvalue weighted by Crippen LogP contribution is 2.29. The Morgan fingerprint density at radius 1 is 1.22 bits per heavy atom. The molecule has 18 heavy (non-hydrogen) atoms. The molecule has 0 bridgehead atoms. The number of hydrogen-bond donors (Lipinski definition) is 1. The molecule has 0 aliphatic rings. The van der Waals surface area contributed by atoms with Crippen molar-refractivity contribution in [3.05, 3.63) is 34.1 Å². The molecule has 0 aromatic heterocycles. The van der Waals surface area contributed by atoms with Crippen molar-refractivity contribution in [2.45, 2.75) is 51.5 Å². The maximum atomic E-state index is 13.5. The fraction of sp³-hybridized carbons (Fsp3) is 0.600. The van der Waals surface area contributed by atoms with E-state index in [1.807, 2.05) is 13.1 Å². The van der Waals surface area contributed by atoms with Gasteiger partial charge in [0.1, 0.15) is 5.82 Å². The molecule has 1 unspecified atom stereocenters. The van der Waals surface area contributed by atoms with Crippen LogP contribution in [0.25, 0.3) is 0 Å². The van der Waals surface area contributed by atoms with Gasteiger partial charge in [-0.3, -0.25) is 0 Å². The Hall–Kier alpha value is -0.410. The fourth-order valence-electron chi connectivity index (χ4n) is 2.20. The smallest absolute Gasteiger partial charge is 0.137 e. The van der Waals surface area contributed by atoms with E-state index in [0.717, 1.165) is 12.0 Å². The molecule has 0 saturated heterocycles. The zero-order valence-corrected chi connectivity index (χ0v) is 12.9. The second kappa shape index (κ2) is 8.65. The number of unbranched alkanes of at least 4 members (excludes halogenated alkanes) is 4. The van der Waals surface area contributed by atoms with Crippen LogP contribution in [0.15, 0.2) is 22.7 Å². The highest BCUT2D eigenvalue weighted by atomic mass is 79.9. The summed E-state index contributed by atoms with van der Waals surface area (Å²) in [4.78, 5) is 0. The van der Waals surface area contributed by atoms with Crippen LogP contribution >= 0.6 is 15.9 Å². The molecule has 0 radical (unpaired) electrons. The van der Waals surface area contributed by atoms with Crippen molar-refractivity contribution in [2.75, 3.05) is 7.05 Å². The van der Waals surface area contributed by atoms with Crippen molar-refractivity contribution in [1.82, 2.24) is 5.32 Å². The zero-order valence-electron chi connectivity index (χ0n) is 11.3. The standard InChI is InChI=1S/C15H23BrFN/c1-3-4-5-6-7-11-14(18-2)12-9-8-10-13(17)15(12)16/h8-10,14,18H,3-7,11H2,1-2H3. The summed E-state index contributed by atoms with van der Waals surface area (Å²) in [6, 6.07) is 5.48. The number of nitrogens with one attached hydrogen (secondary N) is 1. The van der Waals surface area contributed by atoms with Crippen molar-refractivity contribution >= 4 is 15.9 Å². The predicted octanol–water partition coefficient (Wildman–Crippen LogP) is 5.21. The molecule has 1 nitrogen and oxygen atoms in total. The minimum absolute atomic E-state index is 0.182. The summed E-state index contributed by atoms with van der Waals surface area (Å²) < 4.78 is 14.1. The number of benzene rings is 1. The molecule has 0 heterocycles. The SMILES string of the molecule is CCCCCCCC(NC)c1cccc(F)c1Br. The lowest BCUT2D eigenvalue weighted by atomic mass is 10.00. The van der Waals surface area contributed by atoms with Gasteiger partial charge in [-0.05, 0) is 41.0 Å². The Labute approximate surface area is 118 Å². The number of hydrogen-bond acceptors (Lipinski definition) is 1. The van der Waals surface area contributed by atoms with E-state index in [1.165, 1.54) is 38.2 Å². The molecule has 1 N–H and O–H groups in total. The highest BCUT2D eigenvalue weighted by Gasteiger charge is 2.14. The van der Waals surface area contributed by atoms with E-state index < -0.39 is 0 Å². The van der Waals surface area contributed by atoms with Crippen LogP contribution in [0.5, 0.6) is 0 Å². The third-order valence-corrected chi connectivity index (χ3v) is 4.14. The maximum Gasteiger partial charge on any atom is 0.137 e. The van der Waals surface area contributed by atoms with Crippen LogP contribution in [-0.2, 0) is 0 Å². The second-order valence-corrected chi connectivity index (χ2v) is 5.48. The van der Waals surface area contributed by atoms with Gasteiger partial charge in [-0.2, -0.15) is 0 Å². The third-order valence-electron chi connectivity index (χ3n) is 3.30. The monoisotopic (exact) mass is 315 g/mol. The Kier molecular flexibility index (Phi) is 7.52. The molecule has 0 saturated carbocycles. The van der Waals surface area contributed by atoms with Crippen LogP contribution in [0.1, 0.15) is 57.1 Å². The first-order valence-electron chi connectivity index (χ1n) is 6.81. The fourth-order valence-corrected chi connectivity index (χ4v) is 2.74. The van der Waals surface area contributed by atoms with E-state index in [0.29, 0.717) is 4.47 Å². The lowest BCUT2D eigenvalue weighted by Crippen LogP contribution is -2.17. The molecule has 1 rings (SSSR count). The molecule has 1 aromatic carbocycles. The summed E-state index contributed by atoms with van der Waals surface area (Å²) in [5, 5.41) is 3.28. The summed E-state index contributed by atoms with van der Waals surface area (Å²) >= 11 is 3.34. The van der Waals surface area contributed by atoms with Crippen molar-refractivity contribution in [2.24, 2.45) is 0 Å². The Balaban J connectivity index is 2.52. The lowest BCUT2D eigenvalue weighted by molar-refractivity contribution is 0.495. The lowest BCUT2D eigenvalue weighted by Gasteiger charge is -2.18. The molecular weight excluding hydrogens is 293 g/mol. The van der Waals surface area contributed by atoms with Crippen LogP contribution < -0.4 is 5.32 Å².